The smallest absolute Gasteiger partial charge is 0.0127 e. The molecule has 0 heteroatoms. The molecular formula is C46H74. The Kier molecular flexibility index (Phi) is 16.6. The van der Waals surface area contributed by atoms with Gasteiger partial charge >= 0.3 is 0 Å². The van der Waals surface area contributed by atoms with Crippen LogP contribution in [0.4, 0.5) is 0 Å². The highest BCUT2D eigenvalue weighted by molar-refractivity contribution is 5.28. The maximum Gasteiger partial charge on any atom is -0.0127 e. The summed E-state index contributed by atoms with van der Waals surface area (Å²) in [5, 5.41) is 0. The van der Waals surface area contributed by atoms with Crippen molar-refractivity contribution in [2.45, 2.75) is 154 Å². The van der Waals surface area contributed by atoms with E-state index in [1.807, 2.05) is 0 Å². The first kappa shape index (κ1) is 41.7. The Hall–Kier alpha value is -2.34. The summed E-state index contributed by atoms with van der Waals surface area (Å²) in [6, 6.07) is 10.6. The van der Waals surface area contributed by atoms with E-state index in [4.69, 9.17) is 0 Å². The Bertz CT molecular complexity index is 1090. The van der Waals surface area contributed by atoms with Crippen molar-refractivity contribution in [1.82, 2.24) is 0 Å². The number of allylic oxidation sites excluding steroid dienone is 12. The van der Waals surface area contributed by atoms with Crippen LogP contribution in [0.3, 0.4) is 0 Å². The Labute approximate surface area is 288 Å². The van der Waals surface area contributed by atoms with Gasteiger partial charge in [-0.2, -0.15) is 0 Å². The predicted molar refractivity (Wildman–Crippen MR) is 210 cm³/mol. The SMILES string of the molecule is CC(C)(C)C1=CC=CC1.CC(C)(C)C1=CC=CC1.CC(C)(C)C1=CC=CC1.CC(C)(C)C1CCCC1.CC(C)(C)c1ccccc1. The predicted octanol–water partition coefficient (Wildman–Crippen LogP) is 15.0. The zero-order chi connectivity index (χ0) is 35.2. The fourth-order valence-electron chi connectivity index (χ4n) is 5.74. The summed E-state index contributed by atoms with van der Waals surface area (Å²) in [7, 11) is 0. The average Bonchev–Trinajstić information content (AvgIpc) is 3.77. The van der Waals surface area contributed by atoms with Crippen LogP contribution in [-0.4, -0.2) is 0 Å². The van der Waals surface area contributed by atoms with E-state index < -0.39 is 0 Å². The van der Waals surface area contributed by atoms with Crippen molar-refractivity contribution in [3.8, 4) is 0 Å². The van der Waals surface area contributed by atoms with Gasteiger partial charge in [0.25, 0.3) is 0 Å². The maximum absolute atomic E-state index is 2.36. The zero-order valence-corrected chi connectivity index (χ0v) is 33.1. The van der Waals surface area contributed by atoms with Gasteiger partial charge in [0.15, 0.2) is 0 Å². The van der Waals surface area contributed by atoms with Crippen LogP contribution in [-0.2, 0) is 5.41 Å². The Morgan fingerprint density at radius 3 is 0.913 bits per heavy atom. The first-order valence-corrected chi connectivity index (χ1v) is 18.2. The molecule has 0 spiro atoms. The molecular weight excluding hydrogens is 553 g/mol. The van der Waals surface area contributed by atoms with Gasteiger partial charge in [0.05, 0.1) is 0 Å². The number of hydrogen-bond donors (Lipinski definition) is 0. The monoisotopic (exact) mass is 627 g/mol. The lowest BCUT2D eigenvalue weighted by atomic mass is 9.80. The van der Waals surface area contributed by atoms with E-state index >= 15 is 0 Å². The van der Waals surface area contributed by atoms with Gasteiger partial charge in [-0.05, 0) is 70.7 Å². The number of benzene rings is 1. The quantitative estimate of drug-likeness (QED) is 0.269. The molecule has 0 aliphatic heterocycles. The van der Waals surface area contributed by atoms with Crippen LogP contribution in [0, 0.1) is 27.6 Å². The van der Waals surface area contributed by atoms with Gasteiger partial charge in [0.2, 0.25) is 0 Å². The van der Waals surface area contributed by atoms with Crippen molar-refractivity contribution in [3.63, 3.8) is 0 Å². The first-order valence-electron chi connectivity index (χ1n) is 18.2. The van der Waals surface area contributed by atoms with E-state index in [2.05, 4.69) is 189 Å². The summed E-state index contributed by atoms with van der Waals surface area (Å²) in [5.41, 5.74) is 8.04. The summed E-state index contributed by atoms with van der Waals surface area (Å²) in [6.07, 6.45) is 29.1. The molecule has 0 nitrogen and oxygen atoms in total. The van der Waals surface area contributed by atoms with E-state index in [0.29, 0.717) is 27.1 Å². The standard InChI is InChI=1S/C10H14.C9H18.3C9H14/c1-10(2,3)9-7-5-4-6-8-9;4*1-9(2,3)8-6-4-5-7-8/h4-8H,1-3H3;8H,4-7H2,1-3H3;3*4-6H,7H2,1-3H3. The summed E-state index contributed by atoms with van der Waals surface area (Å²) >= 11 is 0. The minimum Gasteiger partial charge on any atom is -0.0804 e. The summed E-state index contributed by atoms with van der Waals surface area (Å²) in [6.45, 7) is 34.1. The second-order valence-electron chi connectivity index (χ2n) is 18.7. The topological polar surface area (TPSA) is 0 Å². The molecule has 1 aromatic rings. The fourth-order valence-corrected chi connectivity index (χ4v) is 5.74. The summed E-state index contributed by atoms with van der Waals surface area (Å²) in [5.74, 6) is 1.01. The van der Waals surface area contributed by atoms with Gasteiger partial charge in [0, 0.05) is 0 Å². The molecule has 0 unspecified atom stereocenters. The second kappa shape index (κ2) is 18.3. The van der Waals surface area contributed by atoms with Gasteiger partial charge in [-0.3, -0.25) is 0 Å². The Morgan fingerprint density at radius 1 is 0.435 bits per heavy atom. The van der Waals surface area contributed by atoms with E-state index in [1.165, 1.54) is 31.2 Å². The molecule has 46 heavy (non-hydrogen) atoms. The molecule has 1 fully saturated rings. The Balaban J connectivity index is 0.000000288. The molecule has 0 aromatic heterocycles. The molecule has 0 heterocycles. The van der Waals surface area contributed by atoms with Crippen molar-refractivity contribution in [2.24, 2.45) is 27.6 Å². The molecule has 0 radical (unpaired) electrons. The molecule has 1 saturated carbocycles. The molecule has 0 atom stereocenters. The van der Waals surface area contributed by atoms with Crippen molar-refractivity contribution in [3.05, 3.63) is 107 Å². The van der Waals surface area contributed by atoms with Crippen molar-refractivity contribution in [2.75, 3.05) is 0 Å². The lowest BCUT2D eigenvalue weighted by Crippen LogP contribution is -2.16. The van der Waals surface area contributed by atoms with Crippen LogP contribution in [0.2, 0.25) is 0 Å². The third-order valence-electron chi connectivity index (χ3n) is 9.42. The third kappa shape index (κ3) is 17.0. The van der Waals surface area contributed by atoms with Gasteiger partial charge in [0.1, 0.15) is 0 Å². The van der Waals surface area contributed by atoms with E-state index in [0.717, 1.165) is 25.2 Å². The minimum absolute atomic E-state index is 0.293. The molecule has 4 aliphatic carbocycles. The average molecular weight is 627 g/mol. The first-order chi connectivity index (χ1) is 21.0. The van der Waals surface area contributed by atoms with Crippen LogP contribution in [0.5, 0.6) is 0 Å². The molecule has 0 bridgehead atoms. The van der Waals surface area contributed by atoms with Crippen LogP contribution < -0.4 is 0 Å². The molecule has 1 aromatic carbocycles. The normalized spacial score (nSPS) is 17.8. The second-order valence-corrected chi connectivity index (χ2v) is 18.7. The van der Waals surface area contributed by atoms with Crippen molar-refractivity contribution in [1.29, 1.82) is 0 Å². The molecule has 0 N–H and O–H groups in total. The molecule has 4 aliphatic rings. The highest BCUT2D eigenvalue weighted by Gasteiger charge is 2.27. The van der Waals surface area contributed by atoms with E-state index in [-0.39, 0.29) is 0 Å². The highest BCUT2D eigenvalue weighted by Crippen LogP contribution is 2.38. The zero-order valence-electron chi connectivity index (χ0n) is 33.1. The van der Waals surface area contributed by atoms with Gasteiger partial charge in [-0.1, -0.05) is 218 Å². The highest BCUT2D eigenvalue weighted by atomic mass is 14.3. The molecule has 258 valence electrons. The lowest BCUT2D eigenvalue weighted by Gasteiger charge is -2.26. The largest absolute Gasteiger partial charge is 0.0804 e. The van der Waals surface area contributed by atoms with Crippen LogP contribution >= 0.6 is 0 Å². The number of rotatable bonds is 0. The van der Waals surface area contributed by atoms with Crippen LogP contribution in [0.25, 0.3) is 0 Å². The number of hydrogen-bond acceptors (Lipinski definition) is 0. The molecule has 5 rings (SSSR count). The van der Waals surface area contributed by atoms with Crippen molar-refractivity contribution >= 4 is 0 Å². The summed E-state index contributed by atoms with van der Waals surface area (Å²) in [4.78, 5) is 0. The lowest BCUT2D eigenvalue weighted by molar-refractivity contribution is 0.246. The van der Waals surface area contributed by atoms with E-state index in [1.54, 1.807) is 16.7 Å². The fraction of sp³-hybridized carbons (Fsp3) is 0.609. The van der Waals surface area contributed by atoms with Crippen LogP contribution in [0.15, 0.2) is 102 Å². The van der Waals surface area contributed by atoms with E-state index in [9.17, 15) is 0 Å². The van der Waals surface area contributed by atoms with Gasteiger partial charge < -0.3 is 0 Å². The summed E-state index contributed by atoms with van der Waals surface area (Å²) < 4.78 is 0. The van der Waals surface area contributed by atoms with Crippen LogP contribution in [0.1, 0.15) is 154 Å². The Morgan fingerprint density at radius 2 is 0.761 bits per heavy atom. The van der Waals surface area contributed by atoms with Crippen molar-refractivity contribution < 1.29 is 0 Å². The molecule has 0 amide bonds. The van der Waals surface area contributed by atoms with Gasteiger partial charge in [-0.15, -0.1) is 0 Å². The van der Waals surface area contributed by atoms with Gasteiger partial charge in [-0.25, -0.2) is 0 Å². The molecule has 0 saturated heterocycles. The minimum atomic E-state index is 0.293. The maximum atomic E-state index is 2.36. The third-order valence-corrected chi connectivity index (χ3v) is 9.42.